The molecule has 0 saturated carbocycles. The van der Waals surface area contributed by atoms with Crippen LogP contribution in [0, 0.1) is 0 Å². The van der Waals surface area contributed by atoms with E-state index in [-0.39, 0.29) is 6.10 Å². The first kappa shape index (κ1) is 18.9. The van der Waals surface area contributed by atoms with Crippen LogP contribution in [0.3, 0.4) is 0 Å². The van der Waals surface area contributed by atoms with Crippen LogP contribution in [-0.2, 0) is 21.3 Å². The molecule has 1 aliphatic rings. The van der Waals surface area contributed by atoms with Crippen LogP contribution in [0.1, 0.15) is 12.5 Å². The van der Waals surface area contributed by atoms with Crippen molar-refractivity contribution in [3.05, 3.63) is 42.0 Å². The van der Waals surface area contributed by atoms with Crippen LogP contribution >= 0.6 is 0 Å². The van der Waals surface area contributed by atoms with E-state index in [0.717, 1.165) is 16.9 Å². The number of benzene rings is 1. The Hall–Kier alpha value is -1.41. The van der Waals surface area contributed by atoms with Crippen molar-refractivity contribution in [3.63, 3.8) is 0 Å². The highest BCUT2D eigenvalue weighted by atomic mass is 32.2. The van der Waals surface area contributed by atoms with E-state index in [9.17, 15) is 8.42 Å². The first-order chi connectivity index (χ1) is 11.3. The first-order valence-electron chi connectivity index (χ1n) is 7.98. The number of hydrogen-bond acceptors (Lipinski definition) is 5. The van der Waals surface area contributed by atoms with Gasteiger partial charge in [0.05, 0.1) is 19.0 Å². The minimum absolute atomic E-state index is 0.128. The van der Waals surface area contributed by atoms with Gasteiger partial charge in [-0.3, -0.25) is 0 Å². The van der Waals surface area contributed by atoms with Gasteiger partial charge >= 0.3 is 0 Å². The van der Waals surface area contributed by atoms with Crippen molar-refractivity contribution < 1.29 is 17.9 Å². The van der Waals surface area contributed by atoms with Gasteiger partial charge in [-0.15, -0.1) is 0 Å². The van der Waals surface area contributed by atoms with Crippen molar-refractivity contribution in [1.82, 2.24) is 9.62 Å². The highest BCUT2D eigenvalue weighted by Crippen LogP contribution is 2.14. The second-order valence-electron chi connectivity index (χ2n) is 6.14. The summed E-state index contributed by atoms with van der Waals surface area (Å²) in [6.07, 6.45) is 1.11. The molecule has 2 rings (SSSR count). The molecule has 24 heavy (non-hydrogen) atoms. The molecule has 1 heterocycles. The van der Waals surface area contributed by atoms with E-state index in [2.05, 4.69) is 11.9 Å². The Kier molecular flexibility index (Phi) is 6.79. The lowest BCUT2D eigenvalue weighted by Crippen LogP contribution is -2.48. The van der Waals surface area contributed by atoms with Crippen molar-refractivity contribution in [1.29, 1.82) is 0 Å². The van der Waals surface area contributed by atoms with E-state index in [0.29, 0.717) is 39.4 Å². The van der Waals surface area contributed by atoms with Gasteiger partial charge in [-0.2, -0.15) is 4.31 Å². The minimum atomic E-state index is -3.15. The van der Waals surface area contributed by atoms with Crippen LogP contribution in [0.2, 0.25) is 0 Å². The molecule has 0 bridgehead atoms. The third-order valence-corrected chi connectivity index (χ3v) is 4.93. The number of hydrogen-bond donors (Lipinski definition) is 1. The van der Waals surface area contributed by atoms with Crippen LogP contribution < -0.4 is 10.1 Å². The predicted molar refractivity (Wildman–Crippen MR) is 94.6 cm³/mol. The van der Waals surface area contributed by atoms with Gasteiger partial charge in [0.1, 0.15) is 12.4 Å². The minimum Gasteiger partial charge on any atom is -0.489 e. The van der Waals surface area contributed by atoms with Gasteiger partial charge in [-0.1, -0.05) is 18.7 Å². The molecule has 0 spiro atoms. The molecule has 0 unspecified atom stereocenters. The number of sulfonamides is 1. The molecule has 134 valence electrons. The largest absolute Gasteiger partial charge is 0.489 e. The van der Waals surface area contributed by atoms with Gasteiger partial charge in [0.25, 0.3) is 0 Å². The zero-order valence-electron chi connectivity index (χ0n) is 14.3. The number of ether oxygens (including phenoxy) is 2. The van der Waals surface area contributed by atoms with E-state index < -0.39 is 10.0 Å². The smallest absolute Gasteiger partial charge is 0.211 e. The molecule has 7 heteroatoms. The Bertz CT molecular complexity index is 660. The molecule has 1 fully saturated rings. The molecule has 1 atom stereocenters. The fraction of sp³-hybridized carbons (Fsp3) is 0.529. The van der Waals surface area contributed by atoms with Crippen molar-refractivity contribution in [2.45, 2.75) is 19.6 Å². The van der Waals surface area contributed by atoms with Crippen molar-refractivity contribution in [3.8, 4) is 5.75 Å². The predicted octanol–water partition coefficient (Wildman–Crippen LogP) is 1.39. The molecule has 0 amide bonds. The van der Waals surface area contributed by atoms with Gasteiger partial charge in [-0.05, 0) is 30.2 Å². The van der Waals surface area contributed by atoms with Gasteiger partial charge < -0.3 is 14.8 Å². The van der Waals surface area contributed by atoms with Crippen molar-refractivity contribution in [2.24, 2.45) is 0 Å². The molecule has 1 aromatic carbocycles. The SMILES string of the molecule is C=C(C)COc1cccc(CNC[C@H]2CN(S(C)(=O)=O)CCO2)c1. The third-order valence-electron chi connectivity index (χ3n) is 3.66. The molecule has 6 nitrogen and oxygen atoms in total. The van der Waals surface area contributed by atoms with E-state index >= 15 is 0 Å². The van der Waals surface area contributed by atoms with Crippen LogP contribution in [0.15, 0.2) is 36.4 Å². The van der Waals surface area contributed by atoms with Crippen LogP contribution in [0.5, 0.6) is 5.75 Å². The summed E-state index contributed by atoms with van der Waals surface area (Å²) < 4.78 is 35.9. The molecule has 1 aliphatic heterocycles. The zero-order chi connectivity index (χ0) is 17.6. The monoisotopic (exact) mass is 354 g/mol. The normalized spacial score (nSPS) is 19.2. The van der Waals surface area contributed by atoms with Gasteiger partial charge in [0, 0.05) is 26.2 Å². The number of nitrogens with zero attached hydrogens (tertiary/aromatic N) is 1. The lowest BCUT2D eigenvalue weighted by Gasteiger charge is -2.31. The van der Waals surface area contributed by atoms with Gasteiger partial charge in [0.15, 0.2) is 0 Å². The summed E-state index contributed by atoms with van der Waals surface area (Å²) in [5.74, 6) is 0.814. The lowest BCUT2D eigenvalue weighted by molar-refractivity contribution is -0.000103. The summed E-state index contributed by atoms with van der Waals surface area (Å²) in [5, 5.41) is 3.32. The summed E-state index contributed by atoms with van der Waals surface area (Å²) in [7, 11) is -3.15. The fourth-order valence-electron chi connectivity index (χ4n) is 2.45. The zero-order valence-corrected chi connectivity index (χ0v) is 15.1. The maximum atomic E-state index is 11.6. The summed E-state index contributed by atoms with van der Waals surface area (Å²) in [5.41, 5.74) is 2.08. The first-order valence-corrected chi connectivity index (χ1v) is 9.83. The molecule has 0 aliphatic carbocycles. The Balaban J connectivity index is 1.79. The van der Waals surface area contributed by atoms with Gasteiger partial charge in [-0.25, -0.2) is 8.42 Å². The van der Waals surface area contributed by atoms with E-state index in [4.69, 9.17) is 9.47 Å². The number of nitrogens with one attached hydrogen (secondary N) is 1. The Morgan fingerprint density at radius 1 is 1.50 bits per heavy atom. The third kappa shape index (κ3) is 6.24. The van der Waals surface area contributed by atoms with Gasteiger partial charge in [0.2, 0.25) is 10.0 Å². The molecular formula is C17H26N2O4S. The molecule has 1 N–H and O–H groups in total. The van der Waals surface area contributed by atoms with Crippen molar-refractivity contribution >= 4 is 10.0 Å². The Morgan fingerprint density at radius 2 is 2.29 bits per heavy atom. The Morgan fingerprint density at radius 3 is 3.00 bits per heavy atom. The molecular weight excluding hydrogens is 328 g/mol. The molecule has 0 aromatic heterocycles. The highest BCUT2D eigenvalue weighted by Gasteiger charge is 2.26. The average molecular weight is 354 g/mol. The highest BCUT2D eigenvalue weighted by molar-refractivity contribution is 7.88. The van der Waals surface area contributed by atoms with Crippen LogP contribution in [-0.4, -0.2) is 57.9 Å². The lowest BCUT2D eigenvalue weighted by atomic mass is 10.2. The summed E-state index contributed by atoms with van der Waals surface area (Å²) in [6, 6.07) is 7.87. The maximum Gasteiger partial charge on any atom is 0.211 e. The van der Waals surface area contributed by atoms with Crippen molar-refractivity contribution in [2.75, 3.05) is 39.1 Å². The average Bonchev–Trinajstić information content (AvgIpc) is 2.53. The van der Waals surface area contributed by atoms with Crippen LogP contribution in [0.25, 0.3) is 0 Å². The van der Waals surface area contributed by atoms with E-state index in [1.54, 1.807) is 0 Å². The molecule has 1 saturated heterocycles. The topological polar surface area (TPSA) is 67.9 Å². The second kappa shape index (κ2) is 8.62. The Labute approximate surface area is 144 Å². The molecule has 0 radical (unpaired) electrons. The summed E-state index contributed by atoms with van der Waals surface area (Å²) in [4.78, 5) is 0. The quantitative estimate of drug-likeness (QED) is 0.715. The maximum absolute atomic E-state index is 11.6. The fourth-order valence-corrected chi connectivity index (χ4v) is 3.29. The second-order valence-corrected chi connectivity index (χ2v) is 8.12. The van der Waals surface area contributed by atoms with Crippen LogP contribution in [0.4, 0.5) is 0 Å². The van der Waals surface area contributed by atoms with E-state index in [1.807, 2.05) is 31.2 Å². The molecule has 1 aromatic rings. The summed E-state index contributed by atoms with van der Waals surface area (Å²) in [6.45, 7) is 8.78. The summed E-state index contributed by atoms with van der Waals surface area (Å²) >= 11 is 0. The standard InChI is InChI=1S/C17H26N2O4S/c1-14(2)13-23-16-6-4-5-15(9-16)10-18-11-17-12-19(7-8-22-17)24(3,20)21/h4-6,9,17-18H,1,7-8,10-13H2,2-3H3/t17-/m0/s1. The van der Waals surface area contributed by atoms with E-state index in [1.165, 1.54) is 10.6 Å². The number of rotatable bonds is 8. The number of morpholine rings is 1.